The van der Waals surface area contributed by atoms with Gasteiger partial charge in [0.05, 0.1) is 0 Å². The Bertz CT molecular complexity index is 439. The highest BCUT2D eigenvalue weighted by Crippen LogP contribution is 2.33. The molecule has 0 fully saturated rings. The van der Waals surface area contributed by atoms with Crippen molar-refractivity contribution in [3.63, 3.8) is 0 Å². The van der Waals surface area contributed by atoms with Crippen molar-refractivity contribution < 1.29 is 9.53 Å². The summed E-state index contributed by atoms with van der Waals surface area (Å²) in [6.45, 7) is 7.67. The standard InChI is InChI=1S/C12H16N2O2/c1-7(2)8-5-9-10(13-6-8)14-11(15)12(3,4)16-9/h5-7H,1-4H3,(H,13,14,15). The van der Waals surface area contributed by atoms with Crippen LogP contribution in [0.4, 0.5) is 5.82 Å². The van der Waals surface area contributed by atoms with Gasteiger partial charge in [0.1, 0.15) is 0 Å². The molecule has 0 atom stereocenters. The Morgan fingerprint density at radius 2 is 2.12 bits per heavy atom. The van der Waals surface area contributed by atoms with Crippen LogP contribution in [-0.2, 0) is 4.79 Å². The third-order valence-electron chi connectivity index (χ3n) is 2.68. The Labute approximate surface area is 95.0 Å². The number of amides is 1. The van der Waals surface area contributed by atoms with Gasteiger partial charge in [-0.1, -0.05) is 13.8 Å². The maximum atomic E-state index is 11.6. The van der Waals surface area contributed by atoms with Crippen LogP contribution >= 0.6 is 0 Å². The molecule has 4 nitrogen and oxygen atoms in total. The van der Waals surface area contributed by atoms with Crippen molar-refractivity contribution in [2.45, 2.75) is 39.2 Å². The van der Waals surface area contributed by atoms with Crippen LogP contribution in [0.1, 0.15) is 39.2 Å². The van der Waals surface area contributed by atoms with E-state index in [4.69, 9.17) is 4.74 Å². The largest absolute Gasteiger partial charge is 0.474 e. The normalized spacial score (nSPS) is 17.7. The lowest BCUT2D eigenvalue weighted by molar-refractivity contribution is -0.129. The summed E-state index contributed by atoms with van der Waals surface area (Å²) in [4.78, 5) is 15.8. The van der Waals surface area contributed by atoms with Crippen LogP contribution in [0.2, 0.25) is 0 Å². The number of nitrogens with one attached hydrogen (secondary N) is 1. The topological polar surface area (TPSA) is 51.2 Å². The molecular formula is C12H16N2O2. The molecule has 0 aromatic carbocycles. The summed E-state index contributed by atoms with van der Waals surface area (Å²) in [5.74, 6) is 1.39. The summed E-state index contributed by atoms with van der Waals surface area (Å²) in [5, 5.41) is 2.74. The van der Waals surface area contributed by atoms with E-state index in [1.807, 2.05) is 6.07 Å². The molecule has 0 radical (unpaired) electrons. The van der Waals surface area contributed by atoms with Gasteiger partial charge in [-0.15, -0.1) is 0 Å². The third-order valence-corrected chi connectivity index (χ3v) is 2.68. The smallest absolute Gasteiger partial charge is 0.269 e. The zero-order valence-electron chi connectivity index (χ0n) is 10.00. The van der Waals surface area contributed by atoms with Gasteiger partial charge in [0.25, 0.3) is 5.91 Å². The lowest BCUT2D eigenvalue weighted by Crippen LogP contribution is -2.46. The van der Waals surface area contributed by atoms with Crippen molar-refractivity contribution in [1.29, 1.82) is 0 Å². The monoisotopic (exact) mass is 220 g/mol. The molecule has 0 unspecified atom stereocenters. The fraction of sp³-hybridized carbons (Fsp3) is 0.500. The maximum Gasteiger partial charge on any atom is 0.269 e. The molecule has 1 N–H and O–H groups in total. The molecule has 0 spiro atoms. The van der Waals surface area contributed by atoms with E-state index >= 15 is 0 Å². The molecule has 1 aliphatic rings. The van der Waals surface area contributed by atoms with Crippen molar-refractivity contribution in [2.75, 3.05) is 5.32 Å². The molecule has 86 valence electrons. The SMILES string of the molecule is CC(C)c1cnc2c(c1)OC(C)(C)C(=O)N2. The minimum atomic E-state index is -0.829. The number of carbonyl (C=O) groups is 1. The van der Waals surface area contributed by atoms with Gasteiger partial charge in [0.15, 0.2) is 17.2 Å². The van der Waals surface area contributed by atoms with Crippen LogP contribution in [0.3, 0.4) is 0 Å². The quantitative estimate of drug-likeness (QED) is 0.790. The summed E-state index contributed by atoms with van der Waals surface area (Å²) in [7, 11) is 0. The first-order valence-corrected chi connectivity index (χ1v) is 5.40. The average Bonchev–Trinajstić information content (AvgIpc) is 2.18. The van der Waals surface area contributed by atoms with E-state index in [1.54, 1.807) is 20.0 Å². The minimum Gasteiger partial charge on any atom is -0.474 e. The minimum absolute atomic E-state index is 0.162. The predicted octanol–water partition coefficient (Wildman–Crippen LogP) is 2.31. The molecule has 0 saturated heterocycles. The van der Waals surface area contributed by atoms with Gasteiger partial charge < -0.3 is 10.1 Å². The molecule has 1 aromatic heterocycles. The van der Waals surface area contributed by atoms with Gasteiger partial charge in [0.2, 0.25) is 0 Å². The highest BCUT2D eigenvalue weighted by molar-refractivity contribution is 5.99. The van der Waals surface area contributed by atoms with Gasteiger partial charge in [-0.25, -0.2) is 4.98 Å². The summed E-state index contributed by atoms with van der Waals surface area (Å²) in [5.41, 5.74) is 0.273. The first kappa shape index (κ1) is 10.9. The van der Waals surface area contributed by atoms with Crippen molar-refractivity contribution in [1.82, 2.24) is 4.98 Å². The van der Waals surface area contributed by atoms with Crippen molar-refractivity contribution in [3.8, 4) is 5.75 Å². The van der Waals surface area contributed by atoms with Crippen LogP contribution in [0.25, 0.3) is 0 Å². The van der Waals surface area contributed by atoms with Crippen LogP contribution in [0.5, 0.6) is 5.75 Å². The molecule has 0 aliphatic carbocycles. The molecule has 0 saturated carbocycles. The number of hydrogen-bond acceptors (Lipinski definition) is 3. The lowest BCUT2D eigenvalue weighted by atomic mass is 10.0. The summed E-state index contributed by atoms with van der Waals surface area (Å²) >= 11 is 0. The molecule has 4 heteroatoms. The van der Waals surface area contributed by atoms with Crippen LogP contribution in [0, 0.1) is 0 Å². The molecule has 1 amide bonds. The van der Waals surface area contributed by atoms with Gasteiger partial charge in [-0.3, -0.25) is 4.79 Å². The van der Waals surface area contributed by atoms with Gasteiger partial charge in [-0.05, 0) is 31.4 Å². The van der Waals surface area contributed by atoms with E-state index in [-0.39, 0.29) is 5.91 Å². The van der Waals surface area contributed by atoms with Gasteiger partial charge in [-0.2, -0.15) is 0 Å². The highest BCUT2D eigenvalue weighted by atomic mass is 16.5. The lowest BCUT2D eigenvalue weighted by Gasteiger charge is -2.31. The third kappa shape index (κ3) is 1.75. The molecule has 1 aromatic rings. The second-order valence-corrected chi connectivity index (χ2v) is 4.84. The molecular weight excluding hydrogens is 204 g/mol. The number of rotatable bonds is 1. The van der Waals surface area contributed by atoms with Crippen molar-refractivity contribution in [3.05, 3.63) is 17.8 Å². The number of pyridine rings is 1. The van der Waals surface area contributed by atoms with E-state index in [2.05, 4.69) is 24.1 Å². The zero-order chi connectivity index (χ0) is 11.9. The van der Waals surface area contributed by atoms with E-state index < -0.39 is 5.60 Å². The maximum absolute atomic E-state index is 11.6. The fourth-order valence-electron chi connectivity index (χ4n) is 1.53. The van der Waals surface area contributed by atoms with Gasteiger partial charge >= 0.3 is 0 Å². The Kier molecular flexibility index (Phi) is 2.37. The first-order valence-electron chi connectivity index (χ1n) is 5.40. The molecule has 16 heavy (non-hydrogen) atoms. The number of ether oxygens (including phenoxy) is 1. The summed E-state index contributed by atoms with van der Waals surface area (Å²) < 4.78 is 5.65. The van der Waals surface area contributed by atoms with Crippen LogP contribution in [-0.4, -0.2) is 16.5 Å². The van der Waals surface area contributed by atoms with Crippen molar-refractivity contribution in [2.24, 2.45) is 0 Å². The van der Waals surface area contributed by atoms with E-state index in [1.165, 1.54) is 0 Å². The number of aromatic nitrogens is 1. The second kappa shape index (κ2) is 3.47. The summed E-state index contributed by atoms with van der Waals surface area (Å²) in [6.07, 6.45) is 1.77. The Morgan fingerprint density at radius 3 is 2.75 bits per heavy atom. The first-order chi connectivity index (χ1) is 7.40. The zero-order valence-corrected chi connectivity index (χ0v) is 10.00. The number of nitrogens with zero attached hydrogens (tertiary/aromatic N) is 1. The number of anilines is 1. The number of fused-ring (bicyclic) bond motifs is 1. The number of carbonyl (C=O) groups excluding carboxylic acids is 1. The van der Waals surface area contributed by atoms with E-state index in [0.29, 0.717) is 17.5 Å². The Hall–Kier alpha value is -1.58. The predicted molar refractivity (Wildman–Crippen MR) is 61.7 cm³/mol. The summed E-state index contributed by atoms with van der Waals surface area (Å²) in [6, 6.07) is 1.94. The highest BCUT2D eigenvalue weighted by Gasteiger charge is 2.36. The molecule has 2 rings (SSSR count). The van der Waals surface area contributed by atoms with Crippen LogP contribution in [0.15, 0.2) is 12.3 Å². The molecule has 0 bridgehead atoms. The molecule has 1 aliphatic heterocycles. The van der Waals surface area contributed by atoms with Gasteiger partial charge in [0, 0.05) is 6.20 Å². The Balaban J connectivity index is 2.42. The molecule has 2 heterocycles. The van der Waals surface area contributed by atoms with Crippen molar-refractivity contribution >= 4 is 11.7 Å². The van der Waals surface area contributed by atoms with E-state index in [0.717, 1.165) is 5.56 Å². The van der Waals surface area contributed by atoms with E-state index in [9.17, 15) is 4.79 Å². The van der Waals surface area contributed by atoms with Crippen LogP contribution < -0.4 is 10.1 Å². The number of hydrogen-bond donors (Lipinski definition) is 1. The average molecular weight is 220 g/mol. The Morgan fingerprint density at radius 1 is 1.44 bits per heavy atom. The second-order valence-electron chi connectivity index (χ2n) is 4.84. The fourth-order valence-corrected chi connectivity index (χ4v) is 1.53.